The summed E-state index contributed by atoms with van der Waals surface area (Å²) >= 11 is 0. The minimum Gasteiger partial charge on any atom is -0.444 e. The SMILES string of the molecule is Cc1cc(C#N)ccc1Nc1nccc2c1nnn2C1CCN(C(=O)OC(C)(C)C)CC1. The quantitative estimate of drug-likeness (QED) is 0.655. The smallest absolute Gasteiger partial charge is 0.410 e. The number of fused-ring (bicyclic) bond motifs is 1. The van der Waals surface area contributed by atoms with Gasteiger partial charge in [0.25, 0.3) is 0 Å². The Morgan fingerprint density at radius 2 is 2.00 bits per heavy atom. The Kier molecular flexibility index (Phi) is 5.70. The predicted octanol–water partition coefficient (Wildman–Crippen LogP) is 4.32. The highest BCUT2D eigenvalue weighted by Gasteiger charge is 2.29. The van der Waals surface area contributed by atoms with Gasteiger partial charge in [0.05, 0.1) is 23.2 Å². The number of amides is 1. The van der Waals surface area contributed by atoms with Crippen LogP contribution in [-0.4, -0.2) is 49.7 Å². The number of nitrogens with zero attached hydrogens (tertiary/aromatic N) is 6. The van der Waals surface area contributed by atoms with E-state index in [0.29, 0.717) is 30.0 Å². The number of likely N-dealkylation sites (tertiary alicyclic amines) is 1. The second-order valence-corrected chi connectivity index (χ2v) is 9.03. The Bertz CT molecular complexity index is 1180. The van der Waals surface area contributed by atoms with Crippen LogP contribution in [0.15, 0.2) is 30.5 Å². The number of piperidine rings is 1. The lowest BCUT2D eigenvalue weighted by atomic mass is 10.1. The molecule has 3 heterocycles. The van der Waals surface area contributed by atoms with Gasteiger partial charge in [0, 0.05) is 25.0 Å². The van der Waals surface area contributed by atoms with Crippen molar-refractivity contribution in [2.24, 2.45) is 0 Å². The summed E-state index contributed by atoms with van der Waals surface area (Å²) in [7, 11) is 0. The minimum absolute atomic E-state index is 0.144. The number of hydrogen-bond acceptors (Lipinski definition) is 7. The molecule has 0 atom stereocenters. The number of nitrogens with one attached hydrogen (secondary N) is 1. The van der Waals surface area contributed by atoms with Crippen LogP contribution in [0, 0.1) is 18.3 Å². The summed E-state index contributed by atoms with van der Waals surface area (Å²) in [4.78, 5) is 18.5. The van der Waals surface area contributed by atoms with E-state index in [1.807, 2.05) is 50.6 Å². The minimum atomic E-state index is -0.500. The summed E-state index contributed by atoms with van der Waals surface area (Å²) in [6.45, 7) is 8.79. The molecular weight excluding hydrogens is 406 g/mol. The Labute approximate surface area is 187 Å². The number of rotatable bonds is 3. The fraction of sp³-hybridized carbons (Fsp3) is 0.435. The van der Waals surface area contributed by atoms with Gasteiger partial charge in [0.15, 0.2) is 11.3 Å². The van der Waals surface area contributed by atoms with E-state index in [-0.39, 0.29) is 12.1 Å². The number of carbonyl (C=O) groups excluding carboxylic acids is 1. The lowest BCUT2D eigenvalue weighted by Gasteiger charge is -2.33. The van der Waals surface area contributed by atoms with Crippen molar-refractivity contribution in [1.82, 2.24) is 24.9 Å². The molecule has 0 unspecified atom stereocenters. The number of hydrogen-bond donors (Lipinski definition) is 1. The van der Waals surface area contributed by atoms with E-state index >= 15 is 0 Å². The van der Waals surface area contributed by atoms with E-state index < -0.39 is 5.60 Å². The topological polar surface area (TPSA) is 109 Å². The van der Waals surface area contributed by atoms with E-state index in [1.54, 1.807) is 17.2 Å². The summed E-state index contributed by atoms with van der Waals surface area (Å²) in [5.74, 6) is 0.618. The van der Waals surface area contributed by atoms with Gasteiger partial charge in [-0.05, 0) is 70.4 Å². The zero-order valence-electron chi connectivity index (χ0n) is 18.8. The molecule has 166 valence electrons. The number of nitriles is 1. The highest BCUT2D eigenvalue weighted by molar-refractivity contribution is 5.87. The Hall–Kier alpha value is -3.67. The maximum Gasteiger partial charge on any atom is 0.410 e. The average Bonchev–Trinajstić information content (AvgIpc) is 3.19. The molecule has 0 saturated carbocycles. The molecule has 1 aliphatic rings. The summed E-state index contributed by atoms with van der Waals surface area (Å²) in [6.07, 6.45) is 3.02. The van der Waals surface area contributed by atoms with Gasteiger partial charge < -0.3 is 15.0 Å². The van der Waals surface area contributed by atoms with Crippen LogP contribution in [0.3, 0.4) is 0 Å². The number of pyridine rings is 1. The number of benzene rings is 1. The normalized spacial score (nSPS) is 14.9. The van der Waals surface area contributed by atoms with Gasteiger partial charge in [-0.2, -0.15) is 5.26 Å². The highest BCUT2D eigenvalue weighted by atomic mass is 16.6. The number of aromatic nitrogens is 4. The molecule has 1 aromatic carbocycles. The molecule has 1 N–H and O–H groups in total. The van der Waals surface area contributed by atoms with Gasteiger partial charge in [-0.3, -0.25) is 0 Å². The zero-order valence-corrected chi connectivity index (χ0v) is 18.8. The van der Waals surface area contributed by atoms with Crippen LogP contribution < -0.4 is 5.32 Å². The largest absolute Gasteiger partial charge is 0.444 e. The van der Waals surface area contributed by atoms with Crippen molar-refractivity contribution in [2.75, 3.05) is 18.4 Å². The van der Waals surface area contributed by atoms with E-state index in [2.05, 4.69) is 26.7 Å². The molecule has 0 aliphatic carbocycles. The molecule has 1 fully saturated rings. The standard InChI is InChI=1S/C23H27N7O2/c1-15-13-16(14-24)5-6-18(15)26-21-20-19(7-10-25-21)30(28-27-20)17-8-11-29(12-9-17)22(31)32-23(2,3)4/h5-7,10,13,17H,8-9,11-12H2,1-4H3,(H,25,26). The Morgan fingerprint density at radius 1 is 1.25 bits per heavy atom. The average molecular weight is 434 g/mol. The van der Waals surface area contributed by atoms with Crippen LogP contribution in [0.2, 0.25) is 0 Å². The zero-order chi connectivity index (χ0) is 22.9. The Morgan fingerprint density at radius 3 is 2.66 bits per heavy atom. The predicted molar refractivity (Wildman–Crippen MR) is 121 cm³/mol. The third-order valence-electron chi connectivity index (χ3n) is 5.46. The second kappa shape index (κ2) is 8.46. The number of aryl methyl sites for hydroxylation is 1. The van der Waals surface area contributed by atoms with Gasteiger partial charge in [-0.25, -0.2) is 14.5 Å². The fourth-order valence-electron chi connectivity index (χ4n) is 3.85. The summed E-state index contributed by atoms with van der Waals surface area (Å²) < 4.78 is 7.42. The van der Waals surface area contributed by atoms with Crippen LogP contribution in [-0.2, 0) is 4.74 Å². The molecule has 4 rings (SSSR count). The van der Waals surface area contributed by atoms with Crippen LogP contribution in [0.5, 0.6) is 0 Å². The van der Waals surface area contributed by atoms with Crippen molar-refractivity contribution in [2.45, 2.75) is 52.2 Å². The number of carbonyl (C=O) groups is 1. The Balaban J connectivity index is 1.51. The molecule has 1 amide bonds. The number of ether oxygens (including phenoxy) is 1. The highest BCUT2D eigenvalue weighted by Crippen LogP contribution is 2.29. The third kappa shape index (κ3) is 4.49. The first-order valence-electron chi connectivity index (χ1n) is 10.7. The fourth-order valence-corrected chi connectivity index (χ4v) is 3.85. The third-order valence-corrected chi connectivity index (χ3v) is 5.46. The molecule has 0 bridgehead atoms. The molecule has 1 saturated heterocycles. The maximum atomic E-state index is 12.3. The number of anilines is 2. The van der Waals surface area contributed by atoms with Crippen molar-refractivity contribution in [3.8, 4) is 6.07 Å². The molecule has 1 aliphatic heterocycles. The summed E-state index contributed by atoms with van der Waals surface area (Å²) in [5, 5.41) is 21.2. The monoisotopic (exact) mass is 433 g/mol. The van der Waals surface area contributed by atoms with Crippen LogP contribution >= 0.6 is 0 Å². The van der Waals surface area contributed by atoms with Crippen molar-refractivity contribution >= 4 is 28.6 Å². The van der Waals surface area contributed by atoms with Crippen molar-refractivity contribution in [1.29, 1.82) is 5.26 Å². The first kappa shape index (κ1) is 21.6. The lowest BCUT2D eigenvalue weighted by molar-refractivity contribution is 0.0185. The van der Waals surface area contributed by atoms with Crippen LogP contribution in [0.25, 0.3) is 11.0 Å². The molecular formula is C23H27N7O2. The van der Waals surface area contributed by atoms with Gasteiger partial charge >= 0.3 is 6.09 Å². The van der Waals surface area contributed by atoms with Gasteiger partial charge in [-0.1, -0.05) is 5.21 Å². The molecule has 2 aromatic heterocycles. The summed E-state index contributed by atoms with van der Waals surface area (Å²) in [5.41, 5.74) is 3.51. The molecule has 9 nitrogen and oxygen atoms in total. The first-order chi connectivity index (χ1) is 15.2. The van der Waals surface area contributed by atoms with Crippen LogP contribution in [0.1, 0.15) is 50.8 Å². The summed E-state index contributed by atoms with van der Waals surface area (Å²) in [6, 6.07) is 9.67. The van der Waals surface area contributed by atoms with Gasteiger partial charge in [-0.15, -0.1) is 5.10 Å². The molecule has 0 spiro atoms. The molecule has 9 heteroatoms. The van der Waals surface area contributed by atoms with E-state index in [4.69, 9.17) is 10.00 Å². The molecule has 32 heavy (non-hydrogen) atoms. The van der Waals surface area contributed by atoms with Crippen molar-refractivity contribution < 1.29 is 9.53 Å². The van der Waals surface area contributed by atoms with Gasteiger partial charge in [0.2, 0.25) is 0 Å². The van der Waals surface area contributed by atoms with E-state index in [9.17, 15) is 4.79 Å². The molecule has 3 aromatic rings. The van der Waals surface area contributed by atoms with Gasteiger partial charge in [0.1, 0.15) is 5.60 Å². The van der Waals surface area contributed by atoms with E-state index in [1.165, 1.54) is 0 Å². The van der Waals surface area contributed by atoms with Crippen LogP contribution in [0.4, 0.5) is 16.3 Å². The maximum absolute atomic E-state index is 12.3. The first-order valence-corrected chi connectivity index (χ1v) is 10.7. The van der Waals surface area contributed by atoms with Crippen molar-refractivity contribution in [3.05, 3.63) is 41.6 Å². The lowest BCUT2D eigenvalue weighted by Crippen LogP contribution is -2.42. The van der Waals surface area contributed by atoms with Crippen molar-refractivity contribution in [3.63, 3.8) is 0 Å². The molecule has 0 radical (unpaired) electrons. The second-order valence-electron chi connectivity index (χ2n) is 9.03. The van der Waals surface area contributed by atoms with E-state index in [0.717, 1.165) is 29.6 Å².